The third kappa shape index (κ3) is 4.75. The summed E-state index contributed by atoms with van der Waals surface area (Å²) < 4.78 is 4.93. The minimum Gasteiger partial charge on any atom is -0.468 e. The van der Waals surface area contributed by atoms with Crippen molar-refractivity contribution >= 4 is 5.97 Å². The van der Waals surface area contributed by atoms with E-state index in [1.165, 1.54) is 20.1 Å². The van der Waals surface area contributed by atoms with Gasteiger partial charge in [0.05, 0.1) is 7.11 Å². The van der Waals surface area contributed by atoms with Crippen molar-refractivity contribution in [1.82, 2.24) is 15.1 Å². The highest BCUT2D eigenvalue weighted by molar-refractivity contribution is 5.80. The van der Waals surface area contributed by atoms with Crippen molar-refractivity contribution in [3.8, 4) is 0 Å². The molecule has 1 heterocycles. The molecule has 0 aromatic carbocycles. The van der Waals surface area contributed by atoms with Gasteiger partial charge in [0.2, 0.25) is 0 Å². The molecule has 0 bridgehead atoms. The number of hydrogen-bond acceptors (Lipinski definition) is 5. The number of hydrogen-bond donors (Lipinski definition) is 1. The number of piperazine rings is 1. The average Bonchev–Trinajstić information content (AvgIpc) is 2.40. The molecule has 1 rings (SSSR count). The molecule has 1 unspecified atom stereocenters. The summed E-state index contributed by atoms with van der Waals surface area (Å²) in [4.78, 5) is 16.8. The van der Waals surface area contributed by atoms with Crippen LogP contribution in [-0.2, 0) is 9.53 Å². The minimum absolute atomic E-state index is 0.176. The molecule has 1 fully saturated rings. The molecular weight excluding hydrogens is 242 g/mol. The van der Waals surface area contributed by atoms with E-state index in [4.69, 9.17) is 4.74 Å². The first-order valence-electron chi connectivity index (χ1n) is 7.34. The highest BCUT2D eigenvalue weighted by atomic mass is 16.5. The summed E-state index contributed by atoms with van der Waals surface area (Å²) in [7, 11) is 1.46. The molecule has 5 nitrogen and oxygen atoms in total. The monoisotopic (exact) mass is 271 g/mol. The molecule has 19 heavy (non-hydrogen) atoms. The third-order valence-electron chi connectivity index (χ3n) is 3.75. The van der Waals surface area contributed by atoms with Gasteiger partial charge in [-0.3, -0.25) is 9.69 Å². The number of carbonyl (C=O) groups excluding carboxylic acids is 1. The highest BCUT2D eigenvalue weighted by Gasteiger charge is 2.36. The Bertz CT molecular complexity index is 278. The first kappa shape index (κ1) is 16.4. The van der Waals surface area contributed by atoms with E-state index in [-0.39, 0.29) is 5.97 Å². The van der Waals surface area contributed by atoms with Crippen molar-refractivity contribution in [2.75, 3.05) is 52.9 Å². The van der Waals surface area contributed by atoms with E-state index in [1.807, 2.05) is 13.8 Å². The topological polar surface area (TPSA) is 44.8 Å². The van der Waals surface area contributed by atoms with Gasteiger partial charge in [0.1, 0.15) is 5.54 Å². The van der Waals surface area contributed by atoms with Crippen LogP contribution >= 0.6 is 0 Å². The molecule has 5 heteroatoms. The summed E-state index contributed by atoms with van der Waals surface area (Å²) >= 11 is 0. The second kappa shape index (κ2) is 7.82. The Labute approximate surface area is 117 Å². The highest BCUT2D eigenvalue weighted by Crippen LogP contribution is 2.12. The van der Waals surface area contributed by atoms with Crippen molar-refractivity contribution in [2.45, 2.75) is 32.7 Å². The lowest BCUT2D eigenvalue weighted by atomic mass is 10.0. The van der Waals surface area contributed by atoms with Crippen LogP contribution in [0.15, 0.2) is 0 Å². The van der Waals surface area contributed by atoms with Gasteiger partial charge in [0.25, 0.3) is 0 Å². The fourth-order valence-corrected chi connectivity index (χ4v) is 2.74. The van der Waals surface area contributed by atoms with Crippen LogP contribution in [0.4, 0.5) is 0 Å². The number of carbonyl (C=O) groups is 1. The zero-order valence-corrected chi connectivity index (χ0v) is 12.9. The maximum atomic E-state index is 11.9. The molecule has 0 saturated carbocycles. The second-order valence-corrected chi connectivity index (χ2v) is 5.47. The Morgan fingerprint density at radius 3 is 2.26 bits per heavy atom. The van der Waals surface area contributed by atoms with Crippen molar-refractivity contribution in [2.24, 2.45) is 0 Å². The zero-order chi connectivity index (χ0) is 14.3. The first-order chi connectivity index (χ1) is 9.05. The summed E-state index contributed by atoms with van der Waals surface area (Å²) in [6.07, 6.45) is 1.21. The molecule has 112 valence electrons. The number of nitrogens with one attached hydrogen (secondary N) is 1. The van der Waals surface area contributed by atoms with Gasteiger partial charge >= 0.3 is 5.97 Å². The summed E-state index contributed by atoms with van der Waals surface area (Å²) in [5.74, 6) is -0.176. The van der Waals surface area contributed by atoms with Crippen LogP contribution in [0.5, 0.6) is 0 Å². The minimum atomic E-state index is -0.601. The number of esters is 1. The largest absolute Gasteiger partial charge is 0.468 e. The molecule has 1 aliphatic rings. The predicted octanol–water partition coefficient (Wildman–Crippen LogP) is 0.555. The van der Waals surface area contributed by atoms with Crippen LogP contribution in [0, 0.1) is 0 Å². The normalized spacial score (nSPS) is 21.1. The maximum absolute atomic E-state index is 11.9. The van der Waals surface area contributed by atoms with Gasteiger partial charge in [-0.2, -0.15) is 0 Å². The summed E-state index contributed by atoms with van der Waals surface area (Å²) in [5.41, 5.74) is -0.601. The van der Waals surface area contributed by atoms with E-state index in [0.717, 1.165) is 32.7 Å². The number of likely N-dealkylation sites (N-methyl/N-ethyl adjacent to an activating group) is 1. The molecule has 1 N–H and O–H groups in total. The fraction of sp³-hybridized carbons (Fsp3) is 0.929. The second-order valence-electron chi connectivity index (χ2n) is 5.47. The van der Waals surface area contributed by atoms with Gasteiger partial charge in [-0.15, -0.1) is 0 Å². The lowest BCUT2D eigenvalue weighted by molar-refractivity contribution is -0.149. The standard InChI is InChI=1S/C14H29N3O2/c1-5-7-16-8-10-17(11-9-16)12-14(3,15-6-2)13(18)19-4/h15H,5-12H2,1-4H3. The fourth-order valence-electron chi connectivity index (χ4n) is 2.74. The summed E-state index contributed by atoms with van der Waals surface area (Å²) in [6.45, 7) is 13.1. The summed E-state index contributed by atoms with van der Waals surface area (Å²) in [5, 5.41) is 3.26. The molecule has 0 spiro atoms. The Balaban J connectivity index is 2.50. The zero-order valence-electron chi connectivity index (χ0n) is 12.9. The quantitative estimate of drug-likeness (QED) is 0.685. The van der Waals surface area contributed by atoms with Gasteiger partial charge < -0.3 is 15.0 Å². The van der Waals surface area contributed by atoms with Crippen LogP contribution in [0.25, 0.3) is 0 Å². The summed E-state index contributed by atoms with van der Waals surface area (Å²) in [6, 6.07) is 0. The number of rotatable bonds is 7. The first-order valence-corrected chi connectivity index (χ1v) is 7.34. The van der Waals surface area contributed by atoms with Crippen molar-refractivity contribution < 1.29 is 9.53 Å². The third-order valence-corrected chi connectivity index (χ3v) is 3.75. The Morgan fingerprint density at radius 2 is 1.79 bits per heavy atom. The molecular formula is C14H29N3O2. The molecule has 1 aliphatic heterocycles. The lowest BCUT2D eigenvalue weighted by Crippen LogP contribution is -2.60. The maximum Gasteiger partial charge on any atom is 0.327 e. The Hall–Kier alpha value is -0.650. The van der Waals surface area contributed by atoms with Crippen LogP contribution in [0.2, 0.25) is 0 Å². The van der Waals surface area contributed by atoms with Crippen LogP contribution < -0.4 is 5.32 Å². The number of ether oxygens (including phenoxy) is 1. The van der Waals surface area contributed by atoms with Gasteiger partial charge in [0, 0.05) is 32.7 Å². The molecule has 1 atom stereocenters. The Morgan fingerprint density at radius 1 is 1.21 bits per heavy atom. The molecule has 1 saturated heterocycles. The molecule has 0 aliphatic carbocycles. The van der Waals surface area contributed by atoms with Gasteiger partial charge in [-0.1, -0.05) is 13.8 Å². The number of methoxy groups -OCH3 is 1. The van der Waals surface area contributed by atoms with E-state index in [0.29, 0.717) is 6.54 Å². The number of nitrogens with zero attached hydrogens (tertiary/aromatic N) is 2. The van der Waals surface area contributed by atoms with Gasteiger partial charge in [-0.25, -0.2) is 0 Å². The van der Waals surface area contributed by atoms with E-state index in [2.05, 4.69) is 22.0 Å². The molecule has 0 aromatic heterocycles. The molecule has 0 amide bonds. The Kier molecular flexibility index (Phi) is 6.75. The van der Waals surface area contributed by atoms with E-state index in [1.54, 1.807) is 0 Å². The van der Waals surface area contributed by atoms with Crippen LogP contribution in [-0.4, -0.2) is 74.2 Å². The average molecular weight is 271 g/mol. The van der Waals surface area contributed by atoms with Gasteiger partial charge in [-0.05, 0) is 26.4 Å². The van der Waals surface area contributed by atoms with Crippen molar-refractivity contribution in [3.63, 3.8) is 0 Å². The SMILES string of the molecule is CCCN1CCN(CC(C)(NCC)C(=O)OC)CC1. The van der Waals surface area contributed by atoms with E-state index >= 15 is 0 Å². The molecule has 0 radical (unpaired) electrons. The smallest absolute Gasteiger partial charge is 0.327 e. The molecule has 0 aromatic rings. The van der Waals surface area contributed by atoms with Gasteiger partial charge in [0.15, 0.2) is 0 Å². The van der Waals surface area contributed by atoms with Crippen molar-refractivity contribution in [1.29, 1.82) is 0 Å². The van der Waals surface area contributed by atoms with Crippen LogP contribution in [0.1, 0.15) is 27.2 Å². The predicted molar refractivity (Wildman–Crippen MR) is 77.3 cm³/mol. The van der Waals surface area contributed by atoms with E-state index in [9.17, 15) is 4.79 Å². The lowest BCUT2D eigenvalue weighted by Gasteiger charge is -2.39. The van der Waals surface area contributed by atoms with Crippen LogP contribution in [0.3, 0.4) is 0 Å². The van der Waals surface area contributed by atoms with Crippen molar-refractivity contribution in [3.05, 3.63) is 0 Å². The van der Waals surface area contributed by atoms with E-state index < -0.39 is 5.54 Å².